The first-order chi connectivity index (χ1) is 10.9. The Morgan fingerprint density at radius 3 is 2.39 bits per heavy atom. The number of aryl methyl sites for hydroxylation is 1. The number of rotatable bonds is 7. The smallest absolute Gasteiger partial charge is 0.233 e. The highest BCUT2D eigenvalue weighted by Gasteiger charge is 2.14. The Labute approximate surface area is 135 Å². The molecule has 0 aliphatic rings. The van der Waals surface area contributed by atoms with E-state index in [1.54, 1.807) is 24.3 Å². The van der Waals surface area contributed by atoms with Gasteiger partial charge in [0.2, 0.25) is 10.0 Å². The lowest BCUT2D eigenvalue weighted by molar-refractivity contribution is 0.354. The summed E-state index contributed by atoms with van der Waals surface area (Å²) in [5, 5.41) is 0. The third-order valence-corrected chi connectivity index (χ3v) is 4.52. The van der Waals surface area contributed by atoms with Crippen LogP contribution in [0.1, 0.15) is 5.56 Å². The highest BCUT2D eigenvalue weighted by atomic mass is 32.2. The number of methoxy groups -OCH3 is 2. The Balaban J connectivity index is 2.06. The number of nitrogens with one attached hydrogen (secondary N) is 1. The molecule has 0 saturated heterocycles. The van der Waals surface area contributed by atoms with Crippen LogP contribution in [-0.2, 0) is 16.4 Å². The zero-order valence-electron chi connectivity index (χ0n) is 12.9. The van der Waals surface area contributed by atoms with E-state index in [1.165, 1.54) is 32.4 Å². The van der Waals surface area contributed by atoms with Crippen LogP contribution in [0.25, 0.3) is 0 Å². The van der Waals surface area contributed by atoms with Crippen molar-refractivity contribution < 1.29 is 22.3 Å². The lowest BCUT2D eigenvalue weighted by Crippen LogP contribution is -2.19. The van der Waals surface area contributed by atoms with Gasteiger partial charge in [0.1, 0.15) is 5.82 Å². The third kappa shape index (κ3) is 4.59. The van der Waals surface area contributed by atoms with Crippen LogP contribution in [-0.4, -0.2) is 28.4 Å². The van der Waals surface area contributed by atoms with Crippen molar-refractivity contribution in [2.24, 2.45) is 0 Å². The number of hydrogen-bond donors (Lipinski definition) is 1. The molecule has 0 fully saturated rings. The first-order valence-electron chi connectivity index (χ1n) is 6.91. The van der Waals surface area contributed by atoms with Crippen LogP contribution in [0.2, 0.25) is 0 Å². The minimum atomic E-state index is -3.65. The molecule has 1 N–H and O–H groups in total. The Morgan fingerprint density at radius 1 is 1.04 bits per heavy atom. The first kappa shape index (κ1) is 17.1. The van der Waals surface area contributed by atoms with E-state index >= 15 is 0 Å². The molecule has 0 heterocycles. The molecule has 5 nitrogen and oxygen atoms in total. The minimum absolute atomic E-state index is 0.0557. The fraction of sp³-hybridized carbons (Fsp3) is 0.250. The van der Waals surface area contributed by atoms with Gasteiger partial charge in [-0.1, -0.05) is 18.2 Å². The summed E-state index contributed by atoms with van der Waals surface area (Å²) in [4.78, 5) is 0. The van der Waals surface area contributed by atoms with Crippen molar-refractivity contribution in [2.75, 3.05) is 24.7 Å². The van der Waals surface area contributed by atoms with E-state index in [9.17, 15) is 12.8 Å². The number of benzene rings is 2. The standard InChI is InChI=1S/C16H18FNO4S/c1-21-15-8-7-12(11-16(15)22-2)9-10-23(19,20)18-14-6-4-3-5-13(14)17/h3-8,11,18H,9-10H2,1-2H3. The van der Waals surface area contributed by atoms with E-state index in [2.05, 4.69) is 4.72 Å². The minimum Gasteiger partial charge on any atom is -0.493 e. The number of sulfonamides is 1. The molecule has 0 spiro atoms. The summed E-state index contributed by atoms with van der Waals surface area (Å²) in [5.74, 6) is 0.326. The predicted molar refractivity (Wildman–Crippen MR) is 87.1 cm³/mol. The molecule has 0 aliphatic carbocycles. The van der Waals surface area contributed by atoms with Gasteiger partial charge in [0.05, 0.1) is 25.7 Å². The molecule has 0 unspecified atom stereocenters. The monoisotopic (exact) mass is 339 g/mol. The van der Waals surface area contributed by atoms with Gasteiger partial charge in [-0.2, -0.15) is 0 Å². The molecule has 0 saturated carbocycles. The van der Waals surface area contributed by atoms with Crippen LogP contribution >= 0.6 is 0 Å². The van der Waals surface area contributed by atoms with Crippen LogP contribution in [0.15, 0.2) is 42.5 Å². The lowest BCUT2D eigenvalue weighted by atomic mass is 10.1. The average Bonchev–Trinajstić information content (AvgIpc) is 2.54. The van der Waals surface area contributed by atoms with Crippen LogP contribution in [0.5, 0.6) is 11.5 Å². The summed E-state index contributed by atoms with van der Waals surface area (Å²) in [6.07, 6.45) is 0.268. The zero-order valence-corrected chi connectivity index (χ0v) is 13.7. The highest BCUT2D eigenvalue weighted by Crippen LogP contribution is 2.27. The van der Waals surface area contributed by atoms with Gasteiger partial charge in [-0.3, -0.25) is 4.72 Å². The first-order valence-corrected chi connectivity index (χ1v) is 8.56. The maximum atomic E-state index is 13.5. The van der Waals surface area contributed by atoms with Gasteiger partial charge in [-0.25, -0.2) is 12.8 Å². The van der Waals surface area contributed by atoms with Gasteiger partial charge in [-0.15, -0.1) is 0 Å². The average molecular weight is 339 g/mol. The van der Waals surface area contributed by atoms with Gasteiger partial charge in [0, 0.05) is 0 Å². The Bertz CT molecular complexity index is 777. The molecule has 0 amide bonds. The molecule has 124 valence electrons. The maximum absolute atomic E-state index is 13.5. The van der Waals surface area contributed by atoms with Gasteiger partial charge in [0.15, 0.2) is 11.5 Å². The van der Waals surface area contributed by atoms with E-state index in [0.717, 1.165) is 5.56 Å². The topological polar surface area (TPSA) is 64.6 Å². The van der Waals surface area contributed by atoms with Gasteiger partial charge >= 0.3 is 0 Å². The van der Waals surface area contributed by atoms with Crippen LogP contribution < -0.4 is 14.2 Å². The van der Waals surface area contributed by atoms with Crippen molar-refractivity contribution in [1.82, 2.24) is 0 Å². The number of hydrogen-bond acceptors (Lipinski definition) is 4. The van der Waals surface area contributed by atoms with E-state index in [-0.39, 0.29) is 17.9 Å². The largest absolute Gasteiger partial charge is 0.493 e. The fourth-order valence-corrected chi connectivity index (χ4v) is 3.16. The van der Waals surface area contributed by atoms with E-state index in [4.69, 9.17) is 9.47 Å². The summed E-state index contributed by atoms with van der Waals surface area (Å²) in [5.41, 5.74) is 0.723. The molecule has 0 radical (unpaired) electrons. The number of ether oxygens (including phenoxy) is 2. The Morgan fingerprint density at radius 2 is 1.74 bits per heavy atom. The second kappa shape index (κ2) is 7.32. The summed E-state index contributed by atoms with van der Waals surface area (Å²) in [6.45, 7) is 0. The third-order valence-electron chi connectivity index (χ3n) is 3.25. The normalized spacial score (nSPS) is 11.1. The van der Waals surface area contributed by atoms with Crippen molar-refractivity contribution >= 4 is 15.7 Å². The summed E-state index contributed by atoms with van der Waals surface area (Å²) < 4.78 is 50.2. The second-order valence-electron chi connectivity index (χ2n) is 4.84. The van der Waals surface area contributed by atoms with Crippen molar-refractivity contribution in [3.8, 4) is 11.5 Å². The molecule has 2 aromatic rings. The van der Waals surface area contributed by atoms with Gasteiger partial charge in [-0.05, 0) is 36.2 Å². The zero-order chi connectivity index (χ0) is 16.9. The number of para-hydroxylation sites is 1. The summed E-state index contributed by atoms with van der Waals surface area (Å²) in [6, 6.07) is 10.8. The molecule has 7 heteroatoms. The molecule has 2 aromatic carbocycles. The molecular formula is C16H18FNO4S. The van der Waals surface area contributed by atoms with E-state index in [0.29, 0.717) is 11.5 Å². The maximum Gasteiger partial charge on any atom is 0.233 e. The van der Waals surface area contributed by atoms with Crippen LogP contribution in [0.4, 0.5) is 10.1 Å². The molecule has 0 aliphatic heterocycles. The quantitative estimate of drug-likeness (QED) is 0.842. The summed E-state index contributed by atoms with van der Waals surface area (Å²) >= 11 is 0. The van der Waals surface area contributed by atoms with Crippen LogP contribution in [0, 0.1) is 5.82 Å². The molecule has 0 bridgehead atoms. The van der Waals surface area contributed by atoms with Crippen LogP contribution in [0.3, 0.4) is 0 Å². The Kier molecular flexibility index (Phi) is 5.44. The molecular weight excluding hydrogens is 321 g/mol. The second-order valence-corrected chi connectivity index (χ2v) is 6.68. The number of anilines is 1. The Hall–Kier alpha value is -2.28. The summed E-state index contributed by atoms with van der Waals surface area (Å²) in [7, 11) is -0.613. The lowest BCUT2D eigenvalue weighted by Gasteiger charge is -2.11. The van der Waals surface area contributed by atoms with E-state index < -0.39 is 15.8 Å². The predicted octanol–water partition coefficient (Wildman–Crippen LogP) is 2.83. The number of halogens is 1. The SMILES string of the molecule is COc1ccc(CCS(=O)(=O)Nc2ccccc2F)cc1OC. The molecule has 0 atom stereocenters. The molecule has 2 rings (SSSR count). The van der Waals surface area contributed by atoms with Crippen molar-refractivity contribution in [3.05, 3.63) is 53.8 Å². The van der Waals surface area contributed by atoms with Gasteiger partial charge < -0.3 is 9.47 Å². The van der Waals surface area contributed by atoms with Crippen molar-refractivity contribution in [3.63, 3.8) is 0 Å². The molecule has 0 aromatic heterocycles. The van der Waals surface area contributed by atoms with E-state index in [1.807, 2.05) is 0 Å². The fourth-order valence-electron chi connectivity index (χ4n) is 2.05. The van der Waals surface area contributed by atoms with Crippen molar-refractivity contribution in [1.29, 1.82) is 0 Å². The van der Waals surface area contributed by atoms with Crippen molar-refractivity contribution in [2.45, 2.75) is 6.42 Å². The van der Waals surface area contributed by atoms with Gasteiger partial charge in [0.25, 0.3) is 0 Å². The molecule has 23 heavy (non-hydrogen) atoms. The highest BCUT2D eigenvalue weighted by molar-refractivity contribution is 7.92.